The molecule has 10 heteroatoms. The number of nitrogens with zero attached hydrogens (tertiary/aromatic N) is 6. The molecule has 6 heterocycles. The smallest absolute Gasteiger partial charge is 0.254 e. The normalized spacial score (nSPS) is 24.4. The van der Waals surface area contributed by atoms with E-state index in [1.165, 1.54) is 12.1 Å². The number of hydrogen-bond acceptors (Lipinski definition) is 5. The lowest BCUT2D eigenvalue weighted by atomic mass is 9.92. The van der Waals surface area contributed by atoms with Crippen LogP contribution in [0.2, 0.25) is 5.02 Å². The van der Waals surface area contributed by atoms with E-state index in [4.69, 9.17) is 11.6 Å². The minimum Gasteiger partial charge on any atom is -0.346 e. The first-order chi connectivity index (χ1) is 17.5. The molecule has 1 amide bonds. The van der Waals surface area contributed by atoms with Gasteiger partial charge in [-0.25, -0.2) is 14.4 Å². The standard InChI is InChI=1S/C26H25ClFN7O/c27-22-4-1-15(7-23(22)28)26(36)35-17-2-3-18(35)9-19(8-17)33-12-20(13-33)34-11-16(10-32-34)24-21-5-6-29-25(21)31-14-30-24/h1,4-7,10-11,14,17-20H,2-3,8-9,12-13H2,(H,29,30,31). The molecule has 1 N–H and O–H groups in total. The predicted octanol–water partition coefficient (Wildman–Crippen LogP) is 4.31. The van der Waals surface area contributed by atoms with Crippen LogP contribution in [0.4, 0.5) is 4.39 Å². The van der Waals surface area contributed by atoms with E-state index in [1.54, 1.807) is 12.4 Å². The van der Waals surface area contributed by atoms with Crippen LogP contribution in [0, 0.1) is 5.82 Å². The van der Waals surface area contributed by atoms with Gasteiger partial charge < -0.3 is 9.88 Å². The molecule has 0 aliphatic carbocycles. The second kappa shape index (κ2) is 8.38. The predicted molar refractivity (Wildman–Crippen MR) is 133 cm³/mol. The van der Waals surface area contributed by atoms with Gasteiger partial charge in [0.25, 0.3) is 5.91 Å². The number of aromatic nitrogens is 5. The molecule has 0 radical (unpaired) electrons. The molecule has 2 bridgehead atoms. The third kappa shape index (κ3) is 3.52. The highest BCUT2D eigenvalue weighted by molar-refractivity contribution is 6.30. The van der Waals surface area contributed by atoms with Gasteiger partial charge in [-0.3, -0.25) is 14.4 Å². The van der Waals surface area contributed by atoms with Gasteiger partial charge in [-0.05, 0) is 49.9 Å². The lowest BCUT2D eigenvalue weighted by Gasteiger charge is -2.49. The Morgan fingerprint density at radius 3 is 2.64 bits per heavy atom. The maximum atomic E-state index is 13.9. The third-order valence-corrected chi connectivity index (χ3v) is 8.43. The summed E-state index contributed by atoms with van der Waals surface area (Å²) in [5, 5.41) is 5.67. The quantitative estimate of drug-likeness (QED) is 0.447. The molecule has 0 spiro atoms. The number of aromatic amines is 1. The molecule has 1 aromatic carbocycles. The Morgan fingerprint density at radius 1 is 1.06 bits per heavy atom. The van der Waals surface area contributed by atoms with Crippen molar-refractivity contribution in [1.82, 2.24) is 34.5 Å². The lowest BCUT2D eigenvalue weighted by Crippen LogP contribution is -2.58. The van der Waals surface area contributed by atoms with E-state index in [0.717, 1.165) is 61.1 Å². The molecule has 7 rings (SSSR count). The molecule has 3 aliphatic heterocycles. The van der Waals surface area contributed by atoms with E-state index in [0.29, 0.717) is 17.6 Å². The molecular formula is C26H25ClFN7O. The van der Waals surface area contributed by atoms with Crippen molar-refractivity contribution in [3.63, 3.8) is 0 Å². The first-order valence-corrected chi connectivity index (χ1v) is 12.8. The Morgan fingerprint density at radius 2 is 1.86 bits per heavy atom. The second-order valence-electron chi connectivity index (χ2n) is 10.1. The highest BCUT2D eigenvalue weighted by Gasteiger charge is 2.47. The fourth-order valence-electron chi connectivity index (χ4n) is 6.27. The number of benzene rings is 1. The number of amides is 1. The molecule has 2 atom stereocenters. The number of rotatable bonds is 4. The van der Waals surface area contributed by atoms with Crippen LogP contribution in [0.3, 0.4) is 0 Å². The molecule has 4 aromatic rings. The number of H-pyrrole nitrogens is 1. The number of likely N-dealkylation sites (tertiary alicyclic amines) is 1. The molecular weight excluding hydrogens is 481 g/mol. The number of piperidine rings is 1. The molecule has 3 fully saturated rings. The molecule has 2 unspecified atom stereocenters. The van der Waals surface area contributed by atoms with E-state index in [1.807, 2.05) is 23.4 Å². The molecule has 184 valence electrons. The van der Waals surface area contributed by atoms with Gasteiger partial charge in [0.2, 0.25) is 0 Å². The zero-order chi connectivity index (χ0) is 24.4. The van der Waals surface area contributed by atoms with Crippen molar-refractivity contribution in [1.29, 1.82) is 0 Å². The van der Waals surface area contributed by atoms with Crippen molar-refractivity contribution in [2.45, 2.75) is 49.9 Å². The number of nitrogens with one attached hydrogen (secondary N) is 1. The summed E-state index contributed by atoms with van der Waals surface area (Å²) in [6.45, 7) is 1.90. The van der Waals surface area contributed by atoms with Crippen molar-refractivity contribution in [2.24, 2.45) is 0 Å². The molecule has 0 saturated carbocycles. The summed E-state index contributed by atoms with van der Waals surface area (Å²) < 4.78 is 16.0. The van der Waals surface area contributed by atoms with Crippen molar-refractivity contribution >= 4 is 28.5 Å². The summed E-state index contributed by atoms with van der Waals surface area (Å²) >= 11 is 5.81. The van der Waals surface area contributed by atoms with E-state index >= 15 is 0 Å². The van der Waals surface area contributed by atoms with Crippen LogP contribution in [0.5, 0.6) is 0 Å². The van der Waals surface area contributed by atoms with Gasteiger partial charge >= 0.3 is 0 Å². The van der Waals surface area contributed by atoms with E-state index in [9.17, 15) is 9.18 Å². The van der Waals surface area contributed by atoms with Crippen LogP contribution < -0.4 is 0 Å². The maximum absolute atomic E-state index is 13.9. The minimum atomic E-state index is -0.546. The zero-order valence-corrected chi connectivity index (χ0v) is 20.3. The molecule has 36 heavy (non-hydrogen) atoms. The van der Waals surface area contributed by atoms with Gasteiger partial charge in [-0.2, -0.15) is 5.10 Å². The van der Waals surface area contributed by atoms with Gasteiger partial charge in [0, 0.05) is 60.1 Å². The van der Waals surface area contributed by atoms with Crippen LogP contribution in [0.15, 0.2) is 49.2 Å². The van der Waals surface area contributed by atoms with E-state index < -0.39 is 5.82 Å². The van der Waals surface area contributed by atoms with E-state index in [2.05, 4.69) is 35.8 Å². The highest BCUT2D eigenvalue weighted by Crippen LogP contribution is 2.41. The van der Waals surface area contributed by atoms with Crippen LogP contribution >= 0.6 is 11.6 Å². The SMILES string of the molecule is O=C(c1ccc(Cl)c(F)c1)N1C2CCC1CC(N1CC(n3cc(-c4ncnc5[nH]ccc45)cn3)C1)C2. The minimum absolute atomic E-state index is 0.0414. The van der Waals surface area contributed by atoms with Crippen molar-refractivity contribution < 1.29 is 9.18 Å². The Labute approximate surface area is 212 Å². The monoisotopic (exact) mass is 505 g/mol. The van der Waals surface area contributed by atoms with Gasteiger partial charge in [-0.15, -0.1) is 0 Å². The topological polar surface area (TPSA) is 82.9 Å². The number of halogens is 2. The first-order valence-electron chi connectivity index (χ1n) is 12.4. The zero-order valence-electron chi connectivity index (χ0n) is 19.5. The summed E-state index contributed by atoms with van der Waals surface area (Å²) in [4.78, 5) is 29.6. The third-order valence-electron chi connectivity index (χ3n) is 8.12. The van der Waals surface area contributed by atoms with Crippen molar-refractivity contribution in [2.75, 3.05) is 13.1 Å². The Bertz CT molecular complexity index is 1450. The van der Waals surface area contributed by atoms with Crippen molar-refractivity contribution in [3.8, 4) is 11.3 Å². The summed E-state index contributed by atoms with van der Waals surface area (Å²) in [5.41, 5.74) is 3.08. The molecule has 3 aliphatic rings. The first kappa shape index (κ1) is 21.9. The maximum Gasteiger partial charge on any atom is 0.254 e. The average molecular weight is 506 g/mol. The molecule has 8 nitrogen and oxygen atoms in total. The largest absolute Gasteiger partial charge is 0.346 e. The number of carbonyl (C=O) groups is 1. The Hall–Kier alpha value is -3.30. The summed E-state index contributed by atoms with van der Waals surface area (Å²) in [7, 11) is 0. The van der Waals surface area contributed by atoms with E-state index in [-0.39, 0.29) is 23.0 Å². The van der Waals surface area contributed by atoms with Gasteiger partial charge in [0.05, 0.1) is 23.0 Å². The lowest BCUT2D eigenvalue weighted by molar-refractivity contribution is 0.000437. The summed E-state index contributed by atoms with van der Waals surface area (Å²) in [6, 6.07) is 7.54. The Kier molecular flexibility index (Phi) is 5.11. The van der Waals surface area contributed by atoms with Gasteiger partial charge in [0.1, 0.15) is 17.8 Å². The van der Waals surface area contributed by atoms with Crippen LogP contribution in [0.1, 0.15) is 42.1 Å². The van der Waals surface area contributed by atoms with Gasteiger partial charge in [0.15, 0.2) is 0 Å². The fraction of sp³-hybridized carbons (Fsp3) is 0.385. The van der Waals surface area contributed by atoms with Crippen LogP contribution in [-0.2, 0) is 0 Å². The van der Waals surface area contributed by atoms with Gasteiger partial charge in [-0.1, -0.05) is 11.6 Å². The fourth-order valence-corrected chi connectivity index (χ4v) is 6.39. The number of carbonyl (C=O) groups excluding carboxylic acids is 1. The molecule has 3 saturated heterocycles. The second-order valence-corrected chi connectivity index (χ2v) is 10.5. The summed E-state index contributed by atoms with van der Waals surface area (Å²) in [6.07, 6.45) is 11.3. The number of fused-ring (bicyclic) bond motifs is 3. The Balaban J connectivity index is 1.01. The highest BCUT2D eigenvalue weighted by atomic mass is 35.5. The number of hydrogen-bond donors (Lipinski definition) is 1. The van der Waals surface area contributed by atoms with Crippen LogP contribution in [0.25, 0.3) is 22.3 Å². The summed E-state index contributed by atoms with van der Waals surface area (Å²) in [5.74, 6) is -0.626. The van der Waals surface area contributed by atoms with Crippen LogP contribution in [-0.4, -0.2) is 71.7 Å². The average Bonchev–Trinajstić information content (AvgIpc) is 3.58. The molecule has 3 aromatic heterocycles. The van der Waals surface area contributed by atoms with Crippen molar-refractivity contribution in [3.05, 3.63) is 65.6 Å².